The highest BCUT2D eigenvalue weighted by atomic mass is 16.5. The van der Waals surface area contributed by atoms with E-state index < -0.39 is 5.92 Å². The summed E-state index contributed by atoms with van der Waals surface area (Å²) in [5.74, 6) is -1.06. The summed E-state index contributed by atoms with van der Waals surface area (Å²) in [6.07, 6.45) is 0. The third kappa shape index (κ3) is 1.16. The van der Waals surface area contributed by atoms with Crippen LogP contribution in [0.15, 0.2) is 0 Å². The third-order valence-electron chi connectivity index (χ3n) is 1.31. The van der Waals surface area contributed by atoms with Gasteiger partial charge in [0.15, 0.2) is 5.78 Å². The van der Waals surface area contributed by atoms with Crippen molar-refractivity contribution in [1.82, 2.24) is 0 Å². The average molecular weight is 127 g/mol. The first-order valence-electron chi connectivity index (χ1n) is 2.68. The number of ether oxygens (including phenoxy) is 1. The first kappa shape index (κ1) is 6.42. The van der Waals surface area contributed by atoms with Crippen LogP contribution in [0.4, 0.5) is 0 Å². The average Bonchev–Trinajstić information content (AvgIpc) is 2.13. The van der Waals surface area contributed by atoms with E-state index in [2.05, 4.69) is 6.92 Å². The minimum absolute atomic E-state index is 0.0753. The maximum absolute atomic E-state index is 10.6. The molecule has 0 amide bonds. The fraction of sp³-hybridized carbons (Fsp3) is 0.500. The highest BCUT2D eigenvalue weighted by molar-refractivity contribution is 6.05. The monoisotopic (exact) mass is 127 g/mol. The molecule has 0 aliphatic carbocycles. The van der Waals surface area contributed by atoms with E-state index in [0.717, 1.165) is 0 Å². The molecule has 3 heteroatoms. The standard InChI is InChI=1S/C6H7O3/c1-4(7)5-2-9-3-6(5)8/h5H,1-3H2. The molecule has 1 unspecified atom stereocenters. The van der Waals surface area contributed by atoms with Gasteiger partial charge in [0.05, 0.1) is 6.61 Å². The van der Waals surface area contributed by atoms with Gasteiger partial charge >= 0.3 is 0 Å². The van der Waals surface area contributed by atoms with Gasteiger partial charge in [-0.1, -0.05) is 0 Å². The zero-order valence-corrected chi connectivity index (χ0v) is 4.92. The summed E-state index contributed by atoms with van der Waals surface area (Å²) in [6, 6.07) is 0. The number of ketones is 2. The lowest BCUT2D eigenvalue weighted by Gasteiger charge is -1.95. The molecule has 0 aromatic heterocycles. The van der Waals surface area contributed by atoms with Crippen LogP contribution < -0.4 is 0 Å². The van der Waals surface area contributed by atoms with Crippen molar-refractivity contribution in [3.05, 3.63) is 6.92 Å². The largest absolute Gasteiger partial charge is 0.372 e. The van der Waals surface area contributed by atoms with Crippen molar-refractivity contribution < 1.29 is 14.3 Å². The van der Waals surface area contributed by atoms with Gasteiger partial charge in [-0.25, -0.2) is 0 Å². The molecule has 0 saturated carbocycles. The minimum Gasteiger partial charge on any atom is -0.372 e. The first-order chi connectivity index (χ1) is 4.22. The van der Waals surface area contributed by atoms with Crippen molar-refractivity contribution in [2.24, 2.45) is 5.92 Å². The third-order valence-corrected chi connectivity index (χ3v) is 1.31. The van der Waals surface area contributed by atoms with E-state index in [1.54, 1.807) is 0 Å². The maximum atomic E-state index is 10.6. The predicted molar refractivity (Wildman–Crippen MR) is 29.7 cm³/mol. The van der Waals surface area contributed by atoms with Gasteiger partial charge in [-0.2, -0.15) is 0 Å². The summed E-state index contributed by atoms with van der Waals surface area (Å²) < 4.78 is 4.72. The van der Waals surface area contributed by atoms with Crippen molar-refractivity contribution >= 4 is 11.6 Å². The predicted octanol–water partition coefficient (Wildman–Crippen LogP) is -0.395. The van der Waals surface area contributed by atoms with Gasteiger partial charge in [-0.05, 0) is 0 Å². The van der Waals surface area contributed by atoms with E-state index in [-0.39, 0.29) is 24.8 Å². The SMILES string of the molecule is [CH2]C(=O)C1COCC1=O. The van der Waals surface area contributed by atoms with Crippen LogP contribution in [-0.2, 0) is 14.3 Å². The number of carbonyl (C=O) groups excluding carboxylic acids is 2. The lowest BCUT2D eigenvalue weighted by Crippen LogP contribution is -2.19. The van der Waals surface area contributed by atoms with E-state index in [1.807, 2.05) is 0 Å². The Bertz CT molecular complexity index is 150. The molecule has 1 rings (SSSR count). The molecule has 0 N–H and O–H groups in total. The van der Waals surface area contributed by atoms with Gasteiger partial charge in [-0.15, -0.1) is 0 Å². The van der Waals surface area contributed by atoms with Crippen molar-refractivity contribution in [3.63, 3.8) is 0 Å². The van der Waals surface area contributed by atoms with Crippen LogP contribution in [0.1, 0.15) is 0 Å². The molecule has 1 fully saturated rings. The first-order valence-corrected chi connectivity index (χ1v) is 2.68. The van der Waals surface area contributed by atoms with Crippen LogP contribution >= 0.6 is 0 Å². The Morgan fingerprint density at radius 2 is 2.44 bits per heavy atom. The molecular formula is C6H7O3. The van der Waals surface area contributed by atoms with Gasteiger partial charge in [0.1, 0.15) is 18.3 Å². The van der Waals surface area contributed by atoms with Crippen LogP contribution in [0.2, 0.25) is 0 Å². The molecule has 0 aromatic carbocycles. The lowest BCUT2D eigenvalue weighted by molar-refractivity contribution is -0.127. The number of rotatable bonds is 1. The molecule has 49 valence electrons. The molecule has 1 radical (unpaired) electrons. The van der Waals surface area contributed by atoms with Gasteiger partial charge in [0.2, 0.25) is 0 Å². The molecule has 0 spiro atoms. The van der Waals surface area contributed by atoms with Crippen LogP contribution in [0, 0.1) is 12.8 Å². The minimum atomic E-state index is -0.579. The lowest BCUT2D eigenvalue weighted by atomic mass is 10.0. The van der Waals surface area contributed by atoms with Crippen LogP contribution in [0.25, 0.3) is 0 Å². The number of Topliss-reactive ketones (excluding diaryl/α,β-unsaturated/α-hetero) is 2. The van der Waals surface area contributed by atoms with E-state index in [4.69, 9.17) is 4.74 Å². The molecule has 1 aliphatic heterocycles. The molecule has 1 aliphatic rings. The summed E-state index contributed by atoms with van der Waals surface area (Å²) in [7, 11) is 0. The zero-order chi connectivity index (χ0) is 6.85. The van der Waals surface area contributed by atoms with Crippen molar-refractivity contribution in [3.8, 4) is 0 Å². The fourth-order valence-corrected chi connectivity index (χ4v) is 0.743. The normalized spacial score (nSPS) is 26.8. The Morgan fingerprint density at radius 3 is 2.67 bits per heavy atom. The molecule has 1 atom stereocenters. The Labute approximate surface area is 53.0 Å². The van der Waals surface area contributed by atoms with Crippen molar-refractivity contribution in [2.75, 3.05) is 13.2 Å². The van der Waals surface area contributed by atoms with Gasteiger partial charge in [0.25, 0.3) is 0 Å². The highest BCUT2D eigenvalue weighted by Crippen LogP contribution is 2.08. The smallest absolute Gasteiger partial charge is 0.171 e. The van der Waals surface area contributed by atoms with Crippen LogP contribution in [0.5, 0.6) is 0 Å². The van der Waals surface area contributed by atoms with Crippen molar-refractivity contribution in [1.29, 1.82) is 0 Å². The molecule has 1 heterocycles. The summed E-state index contributed by atoms with van der Waals surface area (Å²) in [6.45, 7) is 3.43. The summed E-state index contributed by atoms with van der Waals surface area (Å²) in [5, 5.41) is 0. The second-order valence-electron chi connectivity index (χ2n) is 2.00. The number of hydrogen-bond donors (Lipinski definition) is 0. The van der Waals surface area contributed by atoms with Crippen LogP contribution in [0.3, 0.4) is 0 Å². The number of carbonyl (C=O) groups is 2. The summed E-state index contributed by atoms with van der Waals surface area (Å²) in [5.41, 5.74) is 0. The summed E-state index contributed by atoms with van der Waals surface area (Å²) in [4.78, 5) is 21.1. The Hall–Kier alpha value is -0.700. The molecule has 0 aromatic rings. The number of hydrogen-bond acceptors (Lipinski definition) is 3. The topological polar surface area (TPSA) is 43.4 Å². The van der Waals surface area contributed by atoms with Gasteiger partial charge < -0.3 is 4.74 Å². The summed E-state index contributed by atoms with van der Waals surface area (Å²) >= 11 is 0. The van der Waals surface area contributed by atoms with E-state index >= 15 is 0 Å². The zero-order valence-electron chi connectivity index (χ0n) is 4.92. The molecule has 0 bridgehead atoms. The Kier molecular flexibility index (Phi) is 1.62. The van der Waals surface area contributed by atoms with Gasteiger partial charge in [-0.3, -0.25) is 9.59 Å². The highest BCUT2D eigenvalue weighted by Gasteiger charge is 2.28. The fourth-order valence-electron chi connectivity index (χ4n) is 0.743. The molecule has 9 heavy (non-hydrogen) atoms. The Balaban J connectivity index is 2.60. The van der Waals surface area contributed by atoms with E-state index in [0.29, 0.717) is 0 Å². The quantitative estimate of drug-likeness (QED) is 0.450. The Morgan fingerprint density at radius 1 is 1.78 bits per heavy atom. The second-order valence-corrected chi connectivity index (χ2v) is 2.00. The van der Waals surface area contributed by atoms with Crippen LogP contribution in [-0.4, -0.2) is 24.8 Å². The van der Waals surface area contributed by atoms with Crippen molar-refractivity contribution in [2.45, 2.75) is 0 Å². The maximum Gasteiger partial charge on any atom is 0.171 e. The van der Waals surface area contributed by atoms with E-state index in [1.165, 1.54) is 0 Å². The molecule has 1 saturated heterocycles. The van der Waals surface area contributed by atoms with Gasteiger partial charge in [0, 0.05) is 6.92 Å². The van der Waals surface area contributed by atoms with E-state index in [9.17, 15) is 9.59 Å². The molecular weight excluding hydrogens is 120 g/mol. The second kappa shape index (κ2) is 2.27. The molecule has 3 nitrogen and oxygen atoms in total.